The first kappa shape index (κ1) is 20.6. The van der Waals surface area contributed by atoms with Crippen molar-refractivity contribution in [2.75, 3.05) is 20.8 Å². The van der Waals surface area contributed by atoms with Crippen LogP contribution >= 0.6 is 0 Å². The summed E-state index contributed by atoms with van der Waals surface area (Å²) >= 11 is 0. The van der Waals surface area contributed by atoms with Crippen molar-refractivity contribution in [3.63, 3.8) is 0 Å². The fraction of sp³-hybridized carbons (Fsp3) is 0.381. The van der Waals surface area contributed by atoms with Crippen molar-refractivity contribution in [2.45, 2.75) is 35.5 Å². The molecule has 1 N–H and O–H groups in total. The molecule has 1 aliphatic carbocycles. The topological polar surface area (TPSA) is 102 Å². The monoisotopic (exact) mass is 433 g/mol. The van der Waals surface area contributed by atoms with E-state index in [4.69, 9.17) is 9.47 Å². The van der Waals surface area contributed by atoms with Crippen LogP contribution < -0.4 is 9.47 Å². The minimum Gasteiger partial charge on any atom is -0.485 e. The Morgan fingerprint density at radius 3 is 2.63 bits per heavy atom. The number of nitrogens with zero attached hydrogens (tertiary/aromatic N) is 1. The van der Waals surface area contributed by atoms with Gasteiger partial charge in [0.1, 0.15) is 6.10 Å². The van der Waals surface area contributed by atoms with Gasteiger partial charge in [-0.2, -0.15) is 4.31 Å². The van der Waals surface area contributed by atoms with E-state index in [1.165, 1.54) is 30.6 Å². The summed E-state index contributed by atoms with van der Waals surface area (Å²) in [5.74, 6) is -0.0270. The Morgan fingerprint density at radius 1 is 1.20 bits per heavy atom. The number of aliphatic hydroxyl groups is 1. The Morgan fingerprint density at radius 2 is 1.93 bits per heavy atom. The van der Waals surface area contributed by atoms with Gasteiger partial charge in [-0.1, -0.05) is 30.3 Å². The zero-order valence-corrected chi connectivity index (χ0v) is 17.4. The lowest BCUT2D eigenvalue weighted by atomic mass is 9.93. The number of methoxy groups -OCH3 is 1. The fourth-order valence-corrected chi connectivity index (χ4v) is 5.68. The van der Waals surface area contributed by atoms with Crippen molar-refractivity contribution in [3.05, 3.63) is 54.1 Å². The number of rotatable bonds is 6. The van der Waals surface area contributed by atoms with Crippen LogP contribution in [0, 0.1) is 0 Å². The van der Waals surface area contributed by atoms with E-state index in [1.807, 2.05) is 6.07 Å². The van der Waals surface area contributed by atoms with E-state index in [-0.39, 0.29) is 23.8 Å². The molecule has 0 saturated heterocycles. The van der Waals surface area contributed by atoms with Crippen molar-refractivity contribution >= 4 is 16.0 Å². The number of aliphatic hydroxyl groups excluding tert-OH is 1. The second-order valence-electron chi connectivity index (χ2n) is 7.35. The molecule has 0 radical (unpaired) electrons. The van der Waals surface area contributed by atoms with Gasteiger partial charge in [-0.15, -0.1) is 0 Å². The first-order valence-corrected chi connectivity index (χ1v) is 11.0. The van der Waals surface area contributed by atoms with Crippen LogP contribution in [0.15, 0.2) is 53.4 Å². The summed E-state index contributed by atoms with van der Waals surface area (Å²) in [5.41, 5.74) is 0.749. The molecule has 4 unspecified atom stereocenters. The van der Waals surface area contributed by atoms with Crippen LogP contribution in [0.4, 0.5) is 0 Å². The molecule has 2 aromatic rings. The molecule has 0 spiro atoms. The molecular formula is C21H23NO7S. The Balaban J connectivity index is 1.66. The molecule has 0 aromatic heterocycles. The summed E-state index contributed by atoms with van der Waals surface area (Å²) in [6.07, 6.45) is -0.984. The summed E-state index contributed by atoms with van der Waals surface area (Å²) in [7, 11) is -1.05. The molecule has 1 saturated carbocycles. The number of hydrogen-bond acceptors (Lipinski definition) is 7. The molecular weight excluding hydrogens is 410 g/mol. The van der Waals surface area contributed by atoms with Crippen molar-refractivity contribution < 1.29 is 32.5 Å². The summed E-state index contributed by atoms with van der Waals surface area (Å²) in [5, 5.41) is 10.7. The standard InChI is InChI=1S/C21H23NO7S/c1-22(30(25,26)13-7-4-3-5-8-13)20-15(23)11-17-19(20)14-9-6-10-16(21(14)29-17)28-12-18(24)27-2/h3-10,15,17,19-20,23H,11-12H2,1-2H3. The maximum absolute atomic E-state index is 13.1. The van der Waals surface area contributed by atoms with Crippen molar-refractivity contribution in [1.82, 2.24) is 4.31 Å². The fourth-order valence-electron chi connectivity index (χ4n) is 4.26. The number of sulfonamides is 1. The summed E-state index contributed by atoms with van der Waals surface area (Å²) in [6, 6.07) is 12.7. The first-order valence-electron chi connectivity index (χ1n) is 9.55. The van der Waals surface area contributed by atoms with Gasteiger partial charge in [0.15, 0.2) is 18.1 Å². The summed E-state index contributed by atoms with van der Waals surface area (Å²) in [4.78, 5) is 11.6. The third-order valence-corrected chi connectivity index (χ3v) is 7.56. The Kier molecular flexibility index (Phi) is 5.44. The number of ether oxygens (including phenoxy) is 3. The molecule has 1 heterocycles. The smallest absolute Gasteiger partial charge is 0.343 e. The molecule has 160 valence electrons. The van der Waals surface area contributed by atoms with Gasteiger partial charge in [-0.3, -0.25) is 0 Å². The first-order chi connectivity index (χ1) is 14.3. The second kappa shape index (κ2) is 7.90. The van der Waals surface area contributed by atoms with Crippen LogP contribution in [-0.4, -0.2) is 62.8 Å². The second-order valence-corrected chi connectivity index (χ2v) is 9.35. The highest BCUT2D eigenvalue weighted by molar-refractivity contribution is 7.89. The van der Waals surface area contributed by atoms with Crippen molar-refractivity contribution in [3.8, 4) is 11.5 Å². The van der Waals surface area contributed by atoms with Gasteiger partial charge in [0.05, 0.1) is 24.2 Å². The van der Waals surface area contributed by atoms with Gasteiger partial charge in [0, 0.05) is 24.9 Å². The summed E-state index contributed by atoms with van der Waals surface area (Å²) < 4.78 is 43.7. The van der Waals surface area contributed by atoms with Gasteiger partial charge in [-0.25, -0.2) is 13.2 Å². The predicted molar refractivity (Wildman–Crippen MR) is 107 cm³/mol. The van der Waals surface area contributed by atoms with E-state index >= 15 is 0 Å². The number of carbonyl (C=O) groups excluding carboxylic acids is 1. The van der Waals surface area contributed by atoms with E-state index in [0.717, 1.165) is 5.56 Å². The lowest BCUT2D eigenvalue weighted by Crippen LogP contribution is -2.44. The van der Waals surface area contributed by atoms with E-state index in [0.29, 0.717) is 11.5 Å². The number of hydrogen-bond donors (Lipinski definition) is 1. The van der Waals surface area contributed by atoms with Gasteiger partial charge in [0.25, 0.3) is 0 Å². The minimum atomic E-state index is -3.81. The van der Waals surface area contributed by atoms with E-state index in [1.54, 1.807) is 30.3 Å². The zero-order valence-electron chi connectivity index (χ0n) is 16.6. The average Bonchev–Trinajstić information content (AvgIpc) is 3.26. The minimum absolute atomic E-state index is 0.164. The third kappa shape index (κ3) is 3.42. The number of likely N-dealkylation sites (N-methyl/N-ethyl adjacent to an activating group) is 1. The van der Waals surface area contributed by atoms with Crippen LogP contribution in [-0.2, 0) is 19.6 Å². The Hall–Kier alpha value is -2.62. The average molecular weight is 433 g/mol. The molecule has 30 heavy (non-hydrogen) atoms. The van der Waals surface area contributed by atoms with Crippen molar-refractivity contribution in [1.29, 1.82) is 0 Å². The number of benzene rings is 2. The van der Waals surface area contributed by atoms with Crippen LogP contribution in [0.5, 0.6) is 11.5 Å². The van der Waals surface area contributed by atoms with Crippen molar-refractivity contribution in [2.24, 2.45) is 0 Å². The highest BCUT2D eigenvalue weighted by Crippen LogP contribution is 2.52. The lowest BCUT2D eigenvalue weighted by Gasteiger charge is -2.30. The predicted octanol–water partition coefficient (Wildman–Crippen LogP) is 1.54. The SMILES string of the molecule is COC(=O)COc1cccc2c1OC1CC(O)C(N(C)S(=O)(=O)c3ccccc3)C21. The molecule has 4 atom stereocenters. The van der Waals surface area contributed by atoms with Crippen LogP contribution in [0.2, 0.25) is 0 Å². The van der Waals surface area contributed by atoms with E-state index in [9.17, 15) is 18.3 Å². The van der Waals surface area contributed by atoms with Gasteiger partial charge >= 0.3 is 5.97 Å². The maximum atomic E-state index is 13.1. The van der Waals surface area contributed by atoms with Gasteiger partial charge < -0.3 is 19.3 Å². The molecule has 0 amide bonds. The molecule has 1 fully saturated rings. The quantitative estimate of drug-likeness (QED) is 0.690. The number of carbonyl (C=O) groups is 1. The Labute approximate surface area is 175 Å². The van der Waals surface area contributed by atoms with Crippen LogP contribution in [0.3, 0.4) is 0 Å². The third-order valence-electron chi connectivity index (χ3n) is 5.69. The molecule has 1 aliphatic heterocycles. The molecule has 4 rings (SSSR count). The molecule has 2 aromatic carbocycles. The highest BCUT2D eigenvalue weighted by Gasteiger charge is 2.54. The molecule has 8 nitrogen and oxygen atoms in total. The molecule has 0 bridgehead atoms. The van der Waals surface area contributed by atoms with E-state index in [2.05, 4.69) is 4.74 Å². The van der Waals surface area contributed by atoms with Crippen LogP contribution in [0.25, 0.3) is 0 Å². The lowest BCUT2D eigenvalue weighted by molar-refractivity contribution is -0.142. The Bertz CT molecular complexity index is 1040. The normalized spacial score (nSPS) is 24.8. The van der Waals surface area contributed by atoms with Crippen LogP contribution in [0.1, 0.15) is 17.9 Å². The highest BCUT2D eigenvalue weighted by atomic mass is 32.2. The largest absolute Gasteiger partial charge is 0.485 e. The number of para-hydroxylation sites is 1. The maximum Gasteiger partial charge on any atom is 0.343 e. The number of esters is 1. The zero-order chi connectivity index (χ0) is 21.5. The van der Waals surface area contributed by atoms with E-state index < -0.39 is 34.2 Å². The molecule has 2 aliphatic rings. The number of fused-ring (bicyclic) bond motifs is 3. The molecule has 9 heteroatoms. The summed E-state index contributed by atoms with van der Waals surface area (Å²) in [6.45, 7) is -0.264. The van der Waals surface area contributed by atoms with Gasteiger partial charge in [-0.05, 0) is 18.2 Å². The van der Waals surface area contributed by atoms with Gasteiger partial charge in [0.2, 0.25) is 10.0 Å².